The van der Waals surface area contributed by atoms with Crippen LogP contribution in [0.4, 0.5) is 19.0 Å². The van der Waals surface area contributed by atoms with Gasteiger partial charge in [0.1, 0.15) is 17.5 Å². The van der Waals surface area contributed by atoms with E-state index in [0.717, 1.165) is 49.9 Å². The second kappa shape index (κ2) is 7.33. The maximum Gasteiger partial charge on any atom is 0.433 e. The Labute approximate surface area is 171 Å². The van der Waals surface area contributed by atoms with Crippen LogP contribution in [0.5, 0.6) is 0 Å². The van der Waals surface area contributed by atoms with Crippen molar-refractivity contribution in [3.63, 3.8) is 0 Å². The Bertz CT molecular complexity index is 1050. The van der Waals surface area contributed by atoms with Crippen LogP contribution in [-0.4, -0.2) is 42.8 Å². The van der Waals surface area contributed by atoms with Crippen LogP contribution < -0.4 is 4.90 Å². The molecule has 3 aromatic heterocycles. The molecule has 0 spiro atoms. The van der Waals surface area contributed by atoms with Gasteiger partial charge in [0.25, 0.3) is 0 Å². The Morgan fingerprint density at radius 1 is 1.00 bits per heavy atom. The Morgan fingerprint density at radius 2 is 1.83 bits per heavy atom. The molecule has 1 unspecified atom stereocenters. The molecule has 3 aromatic rings. The summed E-state index contributed by atoms with van der Waals surface area (Å²) in [5.41, 5.74) is -0.439. The number of fused-ring (bicyclic) bond motifs is 1. The van der Waals surface area contributed by atoms with Crippen LogP contribution in [0.1, 0.15) is 42.5 Å². The van der Waals surface area contributed by atoms with Crippen LogP contribution in [0.15, 0.2) is 30.6 Å². The lowest BCUT2D eigenvalue weighted by Crippen LogP contribution is -2.36. The average molecular weight is 415 g/mol. The van der Waals surface area contributed by atoms with Gasteiger partial charge >= 0.3 is 6.18 Å². The number of nitrogens with zero attached hydrogens (tertiary/aromatic N) is 7. The largest absolute Gasteiger partial charge is 0.433 e. The summed E-state index contributed by atoms with van der Waals surface area (Å²) in [4.78, 5) is 14.1. The van der Waals surface area contributed by atoms with Crippen molar-refractivity contribution in [3.8, 4) is 11.4 Å². The molecule has 0 saturated carbocycles. The highest BCUT2D eigenvalue weighted by molar-refractivity contribution is 5.57. The van der Waals surface area contributed by atoms with Gasteiger partial charge in [0.2, 0.25) is 0 Å². The zero-order valence-corrected chi connectivity index (χ0v) is 16.2. The fourth-order valence-electron chi connectivity index (χ4n) is 4.24. The van der Waals surface area contributed by atoms with E-state index in [1.165, 1.54) is 12.4 Å². The first kappa shape index (κ1) is 19.0. The summed E-state index contributed by atoms with van der Waals surface area (Å²) in [6, 6.07) is 4.26. The first-order valence-electron chi connectivity index (χ1n) is 10.0. The third-order valence-electron chi connectivity index (χ3n) is 5.69. The van der Waals surface area contributed by atoms with Crippen molar-refractivity contribution in [2.45, 2.75) is 44.3 Å². The van der Waals surface area contributed by atoms with Gasteiger partial charge in [-0.1, -0.05) is 0 Å². The summed E-state index contributed by atoms with van der Waals surface area (Å²) in [7, 11) is 0. The summed E-state index contributed by atoms with van der Waals surface area (Å²) in [5.74, 6) is 2.39. The number of hydrogen-bond acceptors (Lipinski definition) is 6. The van der Waals surface area contributed by atoms with Crippen LogP contribution in [0, 0.1) is 0 Å². The van der Waals surface area contributed by atoms with Crippen molar-refractivity contribution in [2.24, 2.45) is 0 Å². The maximum absolute atomic E-state index is 13.5. The van der Waals surface area contributed by atoms with Gasteiger partial charge in [-0.05, 0) is 31.4 Å². The lowest BCUT2D eigenvalue weighted by Gasteiger charge is -2.33. The second-order valence-electron chi connectivity index (χ2n) is 7.68. The van der Waals surface area contributed by atoms with Gasteiger partial charge in [-0.2, -0.15) is 13.2 Å². The lowest BCUT2D eigenvalue weighted by molar-refractivity contribution is -0.141. The molecule has 0 aliphatic carbocycles. The molecule has 1 saturated heterocycles. The third kappa shape index (κ3) is 3.50. The monoisotopic (exact) mass is 415 g/mol. The molecular weight excluding hydrogens is 395 g/mol. The Kier molecular flexibility index (Phi) is 4.63. The number of halogens is 3. The molecule has 2 aliphatic rings. The summed E-state index contributed by atoms with van der Waals surface area (Å²) >= 11 is 0. The number of hydrogen-bond donors (Lipinski definition) is 0. The predicted octanol–water partition coefficient (Wildman–Crippen LogP) is 3.48. The molecule has 1 fully saturated rings. The summed E-state index contributed by atoms with van der Waals surface area (Å²) in [6.45, 7) is 2.11. The number of aryl methyl sites for hydroxylation is 1. The summed E-state index contributed by atoms with van der Waals surface area (Å²) in [5, 5.41) is 8.66. The molecule has 0 aromatic carbocycles. The number of piperidine rings is 1. The number of rotatable bonds is 3. The van der Waals surface area contributed by atoms with E-state index in [-0.39, 0.29) is 17.6 Å². The molecule has 0 amide bonds. The first-order valence-corrected chi connectivity index (χ1v) is 10.0. The van der Waals surface area contributed by atoms with Crippen LogP contribution in [0.3, 0.4) is 0 Å². The van der Waals surface area contributed by atoms with E-state index in [9.17, 15) is 13.2 Å². The van der Waals surface area contributed by atoms with Gasteiger partial charge < -0.3 is 9.47 Å². The van der Waals surface area contributed by atoms with Gasteiger partial charge in [-0.3, -0.25) is 4.98 Å². The van der Waals surface area contributed by atoms with Gasteiger partial charge in [0, 0.05) is 56.0 Å². The molecule has 2 aliphatic heterocycles. The summed E-state index contributed by atoms with van der Waals surface area (Å²) in [6.07, 6.45) is 2.25. The van der Waals surface area contributed by atoms with Crippen LogP contribution >= 0.6 is 0 Å². The van der Waals surface area contributed by atoms with Crippen LogP contribution in [0.2, 0.25) is 0 Å². The van der Waals surface area contributed by atoms with E-state index < -0.39 is 11.9 Å². The smallest absolute Gasteiger partial charge is 0.356 e. The zero-order chi connectivity index (χ0) is 20.7. The first-order chi connectivity index (χ1) is 14.5. The minimum Gasteiger partial charge on any atom is -0.356 e. The van der Waals surface area contributed by atoms with Gasteiger partial charge in [-0.15, -0.1) is 10.2 Å². The molecule has 0 radical (unpaired) electrons. The fraction of sp³-hybridized carbons (Fsp3) is 0.450. The van der Waals surface area contributed by atoms with Crippen molar-refractivity contribution < 1.29 is 13.2 Å². The summed E-state index contributed by atoms with van der Waals surface area (Å²) < 4.78 is 42.8. The molecule has 10 heteroatoms. The Hall–Kier alpha value is -3.04. The normalized spacial score (nSPS) is 19.2. The molecule has 5 rings (SSSR count). The lowest BCUT2D eigenvalue weighted by atomic mass is 9.97. The second-order valence-corrected chi connectivity index (χ2v) is 7.68. The molecular formula is C20H20F3N7. The number of aromatic nitrogens is 6. The Morgan fingerprint density at radius 3 is 2.63 bits per heavy atom. The molecule has 5 heterocycles. The van der Waals surface area contributed by atoms with Crippen molar-refractivity contribution >= 4 is 5.82 Å². The van der Waals surface area contributed by atoms with E-state index in [1.54, 1.807) is 12.1 Å². The van der Waals surface area contributed by atoms with Crippen molar-refractivity contribution in [3.05, 3.63) is 47.9 Å². The minimum atomic E-state index is -4.55. The molecule has 0 N–H and O–H groups in total. The predicted molar refractivity (Wildman–Crippen MR) is 103 cm³/mol. The van der Waals surface area contributed by atoms with E-state index in [2.05, 4.69) is 29.7 Å². The average Bonchev–Trinajstić information content (AvgIpc) is 3.37. The van der Waals surface area contributed by atoms with Gasteiger partial charge in [0.05, 0.1) is 0 Å². The molecule has 30 heavy (non-hydrogen) atoms. The molecule has 156 valence electrons. The van der Waals surface area contributed by atoms with Crippen LogP contribution in [-0.2, 0) is 19.1 Å². The van der Waals surface area contributed by atoms with Crippen molar-refractivity contribution in [1.82, 2.24) is 29.7 Å². The van der Waals surface area contributed by atoms with Crippen LogP contribution in [0.25, 0.3) is 11.4 Å². The fourth-order valence-corrected chi connectivity index (χ4v) is 4.24. The topological polar surface area (TPSA) is 72.6 Å². The number of alkyl halides is 3. The number of anilines is 1. The van der Waals surface area contributed by atoms with E-state index in [0.29, 0.717) is 18.7 Å². The Balaban J connectivity index is 1.49. The van der Waals surface area contributed by atoms with Gasteiger partial charge in [-0.25, -0.2) is 9.97 Å². The van der Waals surface area contributed by atoms with E-state index in [4.69, 9.17) is 0 Å². The van der Waals surface area contributed by atoms with E-state index >= 15 is 0 Å². The molecule has 0 bridgehead atoms. The zero-order valence-electron chi connectivity index (χ0n) is 16.2. The SMILES string of the molecule is FC(F)(F)c1cc(N2CCCC(c3nnc4n3CCC4)C2)nc(-c2ccncc2)n1. The standard InChI is InChI=1S/C20H20F3N7/c21-20(22,23)15-11-17(26-18(25-15)13-5-7-24-8-6-13)29-9-1-3-14(12-29)19-28-27-16-4-2-10-30(16)19/h5-8,11,14H,1-4,9-10,12H2. The highest BCUT2D eigenvalue weighted by atomic mass is 19.4. The van der Waals surface area contributed by atoms with Crippen molar-refractivity contribution in [2.75, 3.05) is 18.0 Å². The number of pyridine rings is 1. The van der Waals surface area contributed by atoms with E-state index in [1.807, 2.05) is 4.90 Å². The minimum absolute atomic E-state index is 0.0488. The molecule has 7 nitrogen and oxygen atoms in total. The highest BCUT2D eigenvalue weighted by Crippen LogP contribution is 2.34. The third-order valence-corrected chi connectivity index (χ3v) is 5.69. The molecule has 1 atom stereocenters. The maximum atomic E-state index is 13.5. The van der Waals surface area contributed by atoms with Crippen molar-refractivity contribution in [1.29, 1.82) is 0 Å². The van der Waals surface area contributed by atoms with Gasteiger partial charge in [0.15, 0.2) is 11.5 Å². The highest BCUT2D eigenvalue weighted by Gasteiger charge is 2.35. The quantitative estimate of drug-likeness (QED) is 0.652.